The van der Waals surface area contributed by atoms with Crippen molar-refractivity contribution in [2.24, 2.45) is 0 Å². The van der Waals surface area contributed by atoms with E-state index in [1.54, 1.807) is 6.20 Å². The van der Waals surface area contributed by atoms with E-state index < -0.39 is 6.09 Å². The zero-order valence-electron chi connectivity index (χ0n) is 15.7. The van der Waals surface area contributed by atoms with Crippen LogP contribution >= 0.6 is 0 Å². The molecule has 26 heavy (non-hydrogen) atoms. The van der Waals surface area contributed by atoms with Crippen LogP contribution in [0.5, 0.6) is 0 Å². The minimum atomic E-state index is -0.408. The molecule has 7 heteroatoms. The molecule has 0 aliphatic heterocycles. The summed E-state index contributed by atoms with van der Waals surface area (Å²) < 4.78 is 6.61. The monoisotopic (exact) mass is 357 g/mol. The normalized spacial score (nSPS) is 14.9. The largest absolute Gasteiger partial charge is 0.453 e. The molecule has 0 aromatic carbocycles. The molecule has 1 saturated carbocycles. The molecule has 140 valence electrons. The Morgan fingerprint density at radius 1 is 1.42 bits per heavy atom. The van der Waals surface area contributed by atoms with Gasteiger partial charge in [0.25, 0.3) is 0 Å². The molecular formula is C19H27N5O2. The predicted octanol–water partition coefficient (Wildman–Crippen LogP) is 2.81. The van der Waals surface area contributed by atoms with Crippen molar-refractivity contribution in [2.75, 3.05) is 13.7 Å². The van der Waals surface area contributed by atoms with Gasteiger partial charge in [-0.2, -0.15) is 5.10 Å². The second-order valence-corrected chi connectivity index (χ2v) is 6.73. The van der Waals surface area contributed by atoms with Gasteiger partial charge in [0.1, 0.15) is 0 Å². The summed E-state index contributed by atoms with van der Waals surface area (Å²) in [7, 11) is 1.37. The first-order valence-electron chi connectivity index (χ1n) is 9.16. The van der Waals surface area contributed by atoms with Gasteiger partial charge in [-0.25, -0.2) is 4.79 Å². The molecule has 1 amide bonds. The zero-order chi connectivity index (χ0) is 18.5. The number of methoxy groups -OCH3 is 1. The summed E-state index contributed by atoms with van der Waals surface area (Å²) in [6.07, 6.45) is 4.65. The molecule has 1 fully saturated rings. The molecule has 2 N–H and O–H groups in total. The number of hydrogen-bond acceptors (Lipinski definition) is 5. The van der Waals surface area contributed by atoms with Crippen molar-refractivity contribution < 1.29 is 9.53 Å². The highest BCUT2D eigenvalue weighted by Gasteiger charge is 2.27. The molecule has 2 aromatic heterocycles. The molecule has 1 aliphatic carbocycles. The third-order valence-electron chi connectivity index (χ3n) is 4.61. The molecule has 2 heterocycles. The number of amides is 1. The van der Waals surface area contributed by atoms with Crippen molar-refractivity contribution in [3.63, 3.8) is 0 Å². The molecule has 1 atom stereocenters. The lowest BCUT2D eigenvalue weighted by molar-refractivity contribution is 0.170. The Bertz CT molecular complexity index is 740. The molecule has 0 spiro atoms. The fourth-order valence-electron chi connectivity index (χ4n) is 3.14. The number of carbonyl (C=O) groups is 1. The number of rotatable bonds is 8. The quantitative estimate of drug-likeness (QED) is 0.710. The van der Waals surface area contributed by atoms with Crippen LogP contribution in [0.4, 0.5) is 4.79 Å². The molecule has 0 bridgehead atoms. The Labute approximate surface area is 154 Å². The lowest BCUT2D eigenvalue weighted by atomic mass is 10.1. The van der Waals surface area contributed by atoms with Crippen molar-refractivity contribution >= 4 is 6.09 Å². The van der Waals surface area contributed by atoms with Gasteiger partial charge in [-0.1, -0.05) is 6.07 Å². The second-order valence-electron chi connectivity index (χ2n) is 6.73. The second kappa shape index (κ2) is 8.31. The van der Waals surface area contributed by atoms with Crippen LogP contribution in [0.25, 0.3) is 11.4 Å². The zero-order valence-corrected chi connectivity index (χ0v) is 15.7. The van der Waals surface area contributed by atoms with E-state index >= 15 is 0 Å². The summed E-state index contributed by atoms with van der Waals surface area (Å²) in [5.74, 6) is 0. The van der Waals surface area contributed by atoms with E-state index in [9.17, 15) is 4.79 Å². The van der Waals surface area contributed by atoms with Gasteiger partial charge in [-0.3, -0.25) is 9.67 Å². The van der Waals surface area contributed by atoms with Gasteiger partial charge in [0.05, 0.1) is 24.2 Å². The fourth-order valence-corrected chi connectivity index (χ4v) is 3.14. The number of pyridine rings is 1. The van der Waals surface area contributed by atoms with Crippen molar-refractivity contribution in [2.45, 2.75) is 51.7 Å². The third-order valence-corrected chi connectivity index (χ3v) is 4.61. The van der Waals surface area contributed by atoms with E-state index in [1.807, 2.05) is 22.9 Å². The van der Waals surface area contributed by atoms with Crippen LogP contribution in [-0.2, 0) is 11.3 Å². The molecule has 7 nitrogen and oxygen atoms in total. The van der Waals surface area contributed by atoms with E-state index in [-0.39, 0.29) is 6.04 Å². The number of hydrogen-bond donors (Lipinski definition) is 2. The first-order valence-corrected chi connectivity index (χ1v) is 9.16. The summed E-state index contributed by atoms with van der Waals surface area (Å²) in [6, 6.07) is 6.74. The Morgan fingerprint density at radius 3 is 2.88 bits per heavy atom. The maximum absolute atomic E-state index is 11.2. The summed E-state index contributed by atoms with van der Waals surface area (Å²) in [5, 5.41) is 11.2. The van der Waals surface area contributed by atoms with E-state index in [0.29, 0.717) is 19.1 Å². The van der Waals surface area contributed by atoms with Crippen molar-refractivity contribution in [1.29, 1.82) is 0 Å². The van der Waals surface area contributed by atoms with Crippen LogP contribution in [0.3, 0.4) is 0 Å². The average Bonchev–Trinajstić information content (AvgIpc) is 3.40. The minimum Gasteiger partial charge on any atom is -0.453 e. The van der Waals surface area contributed by atoms with Gasteiger partial charge in [0.2, 0.25) is 0 Å². The molecule has 1 unspecified atom stereocenters. The van der Waals surface area contributed by atoms with Gasteiger partial charge < -0.3 is 15.4 Å². The SMILES string of the molecule is COC(=O)NCCCn1nc(C(C)NC2CC2)c(C)c1-c1ccccn1. The van der Waals surface area contributed by atoms with E-state index in [2.05, 4.69) is 34.2 Å². The van der Waals surface area contributed by atoms with Crippen molar-refractivity contribution in [3.8, 4) is 11.4 Å². The molecule has 0 radical (unpaired) electrons. The van der Waals surface area contributed by atoms with E-state index in [1.165, 1.54) is 20.0 Å². The lowest BCUT2D eigenvalue weighted by Gasteiger charge is -2.11. The van der Waals surface area contributed by atoms with Crippen LogP contribution in [0.2, 0.25) is 0 Å². The van der Waals surface area contributed by atoms with Crippen LogP contribution in [-0.4, -0.2) is 40.6 Å². The number of alkyl carbamates (subject to hydrolysis) is 1. The van der Waals surface area contributed by atoms with Gasteiger partial charge >= 0.3 is 6.09 Å². The van der Waals surface area contributed by atoms with Crippen LogP contribution < -0.4 is 10.6 Å². The Kier molecular flexibility index (Phi) is 5.88. The average molecular weight is 357 g/mol. The number of nitrogens with zero attached hydrogens (tertiary/aromatic N) is 3. The highest BCUT2D eigenvalue weighted by atomic mass is 16.5. The standard InChI is InChI=1S/C19H27N5O2/c1-13-17(14(2)22-15-8-9-15)23-24(12-6-11-21-19(25)26-3)18(13)16-7-4-5-10-20-16/h4-5,7,10,14-15,22H,6,8-9,11-12H2,1-3H3,(H,21,25). The van der Waals surface area contributed by atoms with Gasteiger partial charge in [0, 0.05) is 36.9 Å². The minimum absolute atomic E-state index is 0.208. The van der Waals surface area contributed by atoms with Gasteiger partial charge in [0.15, 0.2) is 0 Å². The number of nitrogens with one attached hydrogen (secondary N) is 2. The summed E-state index contributed by atoms with van der Waals surface area (Å²) in [5.41, 5.74) is 4.19. The summed E-state index contributed by atoms with van der Waals surface area (Å²) >= 11 is 0. The maximum atomic E-state index is 11.2. The summed E-state index contributed by atoms with van der Waals surface area (Å²) in [6.45, 7) is 5.52. The summed E-state index contributed by atoms with van der Waals surface area (Å²) in [4.78, 5) is 15.7. The topological polar surface area (TPSA) is 81.1 Å². The highest BCUT2D eigenvalue weighted by Crippen LogP contribution is 2.30. The first-order chi connectivity index (χ1) is 12.6. The number of aromatic nitrogens is 3. The lowest BCUT2D eigenvalue weighted by Crippen LogP contribution is -2.25. The Morgan fingerprint density at radius 2 is 2.23 bits per heavy atom. The number of carbonyl (C=O) groups excluding carboxylic acids is 1. The first kappa shape index (κ1) is 18.4. The molecule has 0 saturated heterocycles. The molecule has 1 aliphatic rings. The molecule has 3 rings (SSSR count). The smallest absolute Gasteiger partial charge is 0.406 e. The maximum Gasteiger partial charge on any atom is 0.406 e. The Balaban J connectivity index is 1.79. The number of ether oxygens (including phenoxy) is 1. The van der Waals surface area contributed by atoms with Crippen molar-refractivity contribution in [3.05, 3.63) is 35.7 Å². The number of aryl methyl sites for hydroxylation is 1. The fraction of sp³-hybridized carbons (Fsp3) is 0.526. The van der Waals surface area contributed by atoms with Gasteiger partial charge in [-0.05, 0) is 45.2 Å². The van der Waals surface area contributed by atoms with Crippen LogP contribution in [0.1, 0.15) is 43.5 Å². The van der Waals surface area contributed by atoms with Crippen molar-refractivity contribution in [1.82, 2.24) is 25.4 Å². The predicted molar refractivity (Wildman–Crippen MR) is 99.8 cm³/mol. The Hall–Kier alpha value is -2.41. The van der Waals surface area contributed by atoms with E-state index in [4.69, 9.17) is 5.10 Å². The van der Waals surface area contributed by atoms with Crippen LogP contribution in [0.15, 0.2) is 24.4 Å². The van der Waals surface area contributed by atoms with Gasteiger partial charge in [-0.15, -0.1) is 0 Å². The van der Waals surface area contributed by atoms with E-state index in [0.717, 1.165) is 29.1 Å². The third kappa shape index (κ3) is 4.40. The molecular weight excluding hydrogens is 330 g/mol. The molecule has 2 aromatic rings. The van der Waals surface area contributed by atoms with Crippen LogP contribution in [0, 0.1) is 6.92 Å². The highest BCUT2D eigenvalue weighted by molar-refractivity contribution is 5.66.